The van der Waals surface area contributed by atoms with E-state index in [2.05, 4.69) is 24.3 Å². The molecule has 0 atom stereocenters. The summed E-state index contributed by atoms with van der Waals surface area (Å²) in [5.41, 5.74) is 10.4. The molecule has 0 aliphatic carbocycles. The van der Waals surface area contributed by atoms with Crippen LogP contribution in [-0.2, 0) is 0 Å². The number of benzene rings is 3. The predicted octanol–water partition coefficient (Wildman–Crippen LogP) is 5.10. The van der Waals surface area contributed by atoms with Crippen molar-refractivity contribution in [1.82, 2.24) is 0 Å². The second-order valence-electron chi connectivity index (χ2n) is 5.03. The maximum atomic E-state index is 6.21. The number of nitrogens with two attached hydrogens (primary N) is 1. The molecule has 1 nitrogen and oxygen atoms in total. The van der Waals surface area contributed by atoms with Crippen LogP contribution in [0.25, 0.3) is 0 Å². The van der Waals surface area contributed by atoms with E-state index in [1.807, 2.05) is 54.6 Å². The lowest BCUT2D eigenvalue weighted by Crippen LogP contribution is -2.06. The average Bonchev–Trinajstić information content (AvgIpc) is 2.53. The van der Waals surface area contributed by atoms with Gasteiger partial charge in [-0.2, -0.15) is 0 Å². The number of rotatable bonds is 3. The Kier molecular flexibility index (Phi) is 3.94. The highest BCUT2D eigenvalue weighted by molar-refractivity contribution is 6.30. The molecule has 3 aromatic rings. The lowest BCUT2D eigenvalue weighted by atomic mass is 9.84. The number of hydrogen-bond donors (Lipinski definition) is 1. The Morgan fingerprint density at radius 1 is 0.714 bits per heavy atom. The second-order valence-corrected chi connectivity index (χ2v) is 5.46. The van der Waals surface area contributed by atoms with Gasteiger partial charge < -0.3 is 5.73 Å². The molecule has 0 bridgehead atoms. The third-order valence-corrected chi connectivity index (χ3v) is 3.86. The summed E-state index contributed by atoms with van der Waals surface area (Å²) in [6.07, 6.45) is 0. The van der Waals surface area contributed by atoms with E-state index in [0.29, 0.717) is 5.02 Å². The van der Waals surface area contributed by atoms with E-state index in [1.54, 1.807) is 0 Å². The molecule has 0 aromatic heterocycles. The van der Waals surface area contributed by atoms with Crippen molar-refractivity contribution in [3.8, 4) is 0 Å². The topological polar surface area (TPSA) is 26.0 Å². The largest absolute Gasteiger partial charge is 0.398 e. The van der Waals surface area contributed by atoms with Crippen LogP contribution < -0.4 is 5.73 Å². The van der Waals surface area contributed by atoms with Gasteiger partial charge in [0.1, 0.15) is 0 Å². The standard InChI is InChI=1S/C19H16ClN/c20-16-11-12-18(21)17(13-16)19(14-7-3-1-4-8-14)15-9-5-2-6-10-15/h1-13,19H,21H2. The van der Waals surface area contributed by atoms with Crippen LogP contribution in [0.5, 0.6) is 0 Å². The third-order valence-electron chi connectivity index (χ3n) is 3.63. The molecule has 0 fully saturated rings. The van der Waals surface area contributed by atoms with Gasteiger partial charge in [0.15, 0.2) is 0 Å². The first kappa shape index (κ1) is 13.7. The average molecular weight is 294 g/mol. The van der Waals surface area contributed by atoms with E-state index in [0.717, 1.165) is 11.3 Å². The van der Waals surface area contributed by atoms with E-state index in [-0.39, 0.29) is 5.92 Å². The van der Waals surface area contributed by atoms with Gasteiger partial charge in [-0.15, -0.1) is 0 Å². The first-order chi connectivity index (χ1) is 10.3. The summed E-state index contributed by atoms with van der Waals surface area (Å²) in [5, 5.41) is 0.705. The summed E-state index contributed by atoms with van der Waals surface area (Å²) in [7, 11) is 0. The van der Waals surface area contributed by atoms with Gasteiger partial charge in [-0.3, -0.25) is 0 Å². The van der Waals surface area contributed by atoms with Crippen LogP contribution in [0.15, 0.2) is 78.9 Å². The molecule has 0 radical (unpaired) electrons. The molecule has 0 amide bonds. The van der Waals surface area contributed by atoms with Crippen LogP contribution in [0.2, 0.25) is 5.02 Å². The Balaban J connectivity index is 2.20. The number of halogens is 1. The molecule has 2 heteroatoms. The van der Waals surface area contributed by atoms with Gasteiger partial charge in [0.05, 0.1) is 0 Å². The Morgan fingerprint density at radius 2 is 1.24 bits per heavy atom. The van der Waals surface area contributed by atoms with Gasteiger partial charge in [0.25, 0.3) is 0 Å². The molecule has 0 saturated heterocycles. The number of hydrogen-bond acceptors (Lipinski definition) is 1. The van der Waals surface area contributed by atoms with E-state index >= 15 is 0 Å². The minimum Gasteiger partial charge on any atom is -0.398 e. The second kappa shape index (κ2) is 6.02. The molecule has 0 saturated carbocycles. The summed E-state index contributed by atoms with van der Waals surface area (Å²) < 4.78 is 0. The Hall–Kier alpha value is -2.25. The SMILES string of the molecule is Nc1ccc(Cl)cc1C(c1ccccc1)c1ccccc1. The van der Waals surface area contributed by atoms with Crippen molar-refractivity contribution in [2.24, 2.45) is 0 Å². The summed E-state index contributed by atoms with van der Waals surface area (Å²) >= 11 is 6.18. The summed E-state index contributed by atoms with van der Waals surface area (Å²) in [4.78, 5) is 0. The summed E-state index contributed by atoms with van der Waals surface area (Å²) in [6.45, 7) is 0. The fourth-order valence-electron chi connectivity index (χ4n) is 2.64. The lowest BCUT2D eigenvalue weighted by molar-refractivity contribution is 0.981. The summed E-state index contributed by atoms with van der Waals surface area (Å²) in [5.74, 6) is 0.0890. The molecule has 0 aliphatic rings. The van der Waals surface area contributed by atoms with E-state index in [1.165, 1.54) is 11.1 Å². The first-order valence-corrected chi connectivity index (χ1v) is 7.28. The quantitative estimate of drug-likeness (QED) is 0.527. The number of nitrogen functional groups attached to an aromatic ring is 1. The van der Waals surface area contributed by atoms with Gasteiger partial charge in [0.2, 0.25) is 0 Å². The highest BCUT2D eigenvalue weighted by Crippen LogP contribution is 2.36. The molecular weight excluding hydrogens is 278 g/mol. The Morgan fingerprint density at radius 3 is 1.76 bits per heavy atom. The molecule has 0 unspecified atom stereocenters. The highest BCUT2D eigenvalue weighted by atomic mass is 35.5. The highest BCUT2D eigenvalue weighted by Gasteiger charge is 2.18. The van der Waals surface area contributed by atoms with Crippen molar-refractivity contribution >= 4 is 17.3 Å². The van der Waals surface area contributed by atoms with Gasteiger partial charge in [-0.05, 0) is 34.9 Å². The zero-order valence-electron chi connectivity index (χ0n) is 11.5. The van der Waals surface area contributed by atoms with Crippen molar-refractivity contribution < 1.29 is 0 Å². The molecule has 21 heavy (non-hydrogen) atoms. The van der Waals surface area contributed by atoms with Crippen LogP contribution in [0.1, 0.15) is 22.6 Å². The monoisotopic (exact) mass is 293 g/mol. The first-order valence-electron chi connectivity index (χ1n) is 6.90. The van der Waals surface area contributed by atoms with Crippen molar-refractivity contribution in [1.29, 1.82) is 0 Å². The molecule has 0 aliphatic heterocycles. The van der Waals surface area contributed by atoms with Gasteiger partial charge in [0, 0.05) is 16.6 Å². The minimum absolute atomic E-state index is 0.0890. The molecular formula is C19H16ClN. The van der Waals surface area contributed by atoms with Crippen LogP contribution in [0.3, 0.4) is 0 Å². The summed E-state index contributed by atoms with van der Waals surface area (Å²) in [6, 6.07) is 26.4. The van der Waals surface area contributed by atoms with Crippen molar-refractivity contribution in [2.75, 3.05) is 5.73 Å². The molecule has 0 spiro atoms. The smallest absolute Gasteiger partial charge is 0.0410 e. The molecule has 2 N–H and O–H groups in total. The van der Waals surface area contributed by atoms with E-state index < -0.39 is 0 Å². The lowest BCUT2D eigenvalue weighted by Gasteiger charge is -2.20. The minimum atomic E-state index is 0.0890. The normalized spacial score (nSPS) is 10.8. The van der Waals surface area contributed by atoms with E-state index in [9.17, 15) is 0 Å². The van der Waals surface area contributed by atoms with Gasteiger partial charge in [-0.1, -0.05) is 72.3 Å². The van der Waals surface area contributed by atoms with Crippen molar-refractivity contribution in [3.63, 3.8) is 0 Å². The van der Waals surface area contributed by atoms with Crippen LogP contribution in [-0.4, -0.2) is 0 Å². The van der Waals surface area contributed by atoms with Gasteiger partial charge in [-0.25, -0.2) is 0 Å². The molecule has 0 heterocycles. The zero-order chi connectivity index (χ0) is 14.7. The van der Waals surface area contributed by atoms with Crippen LogP contribution in [0.4, 0.5) is 5.69 Å². The molecule has 3 aromatic carbocycles. The van der Waals surface area contributed by atoms with Crippen LogP contribution in [0, 0.1) is 0 Å². The predicted molar refractivity (Wildman–Crippen MR) is 89.7 cm³/mol. The molecule has 3 rings (SSSR count). The third kappa shape index (κ3) is 2.93. The fraction of sp³-hybridized carbons (Fsp3) is 0.0526. The maximum Gasteiger partial charge on any atom is 0.0410 e. The fourth-order valence-corrected chi connectivity index (χ4v) is 2.82. The zero-order valence-corrected chi connectivity index (χ0v) is 12.3. The van der Waals surface area contributed by atoms with Gasteiger partial charge >= 0.3 is 0 Å². The molecule has 104 valence electrons. The Labute approximate surface area is 130 Å². The van der Waals surface area contributed by atoms with Crippen molar-refractivity contribution in [2.45, 2.75) is 5.92 Å². The number of anilines is 1. The Bertz CT molecular complexity index is 684. The van der Waals surface area contributed by atoms with E-state index in [4.69, 9.17) is 17.3 Å². The van der Waals surface area contributed by atoms with Crippen molar-refractivity contribution in [3.05, 3.63) is 101 Å². The maximum absolute atomic E-state index is 6.21. The van der Waals surface area contributed by atoms with Crippen LogP contribution >= 0.6 is 11.6 Å².